The van der Waals surface area contributed by atoms with Gasteiger partial charge in [0.05, 0.1) is 6.61 Å². The number of nitrogens with one attached hydrogen (secondary N) is 1. The molecule has 1 aliphatic heterocycles. The summed E-state index contributed by atoms with van der Waals surface area (Å²) in [7, 11) is -3.58. The second-order valence-corrected chi connectivity index (χ2v) is 8.12. The minimum atomic E-state index is -3.58. The Morgan fingerprint density at radius 1 is 1.33 bits per heavy atom. The maximum absolute atomic E-state index is 11.6. The van der Waals surface area contributed by atoms with E-state index >= 15 is 0 Å². The van der Waals surface area contributed by atoms with Gasteiger partial charge in [-0.2, -0.15) is 13.1 Å². The van der Waals surface area contributed by atoms with Crippen LogP contribution in [0.3, 0.4) is 0 Å². The molecule has 2 unspecified atom stereocenters. The summed E-state index contributed by atoms with van der Waals surface area (Å²) >= 11 is 0. The van der Waals surface area contributed by atoms with Gasteiger partial charge in [0.15, 0.2) is 0 Å². The molecule has 0 bridgehead atoms. The summed E-state index contributed by atoms with van der Waals surface area (Å²) in [5.41, 5.74) is -0.541. The van der Waals surface area contributed by atoms with Crippen LogP contribution in [0.1, 0.15) is 54.4 Å². The highest BCUT2D eigenvalue weighted by Gasteiger charge is 2.46. The Morgan fingerprint density at radius 2 is 1.89 bits per heavy atom. The zero-order valence-corrected chi connectivity index (χ0v) is 13.2. The molecule has 0 radical (unpaired) electrons. The molecule has 2 atom stereocenters. The first-order chi connectivity index (χ1) is 7.99. The molecule has 4 nitrogen and oxygen atoms in total. The zero-order chi connectivity index (χ0) is 14.2. The van der Waals surface area contributed by atoms with Crippen molar-refractivity contribution in [3.8, 4) is 0 Å². The molecular weight excluding hydrogens is 250 g/mol. The molecule has 18 heavy (non-hydrogen) atoms. The molecule has 0 spiro atoms. The molecule has 0 saturated carbocycles. The fraction of sp³-hybridized carbons (Fsp3) is 1.00. The summed E-state index contributed by atoms with van der Waals surface area (Å²) in [6.07, 6.45) is 1.70. The van der Waals surface area contributed by atoms with E-state index in [9.17, 15) is 8.42 Å². The third-order valence-corrected chi connectivity index (χ3v) is 5.83. The average molecular weight is 277 g/mol. The molecule has 1 rings (SSSR count). The van der Waals surface area contributed by atoms with Crippen molar-refractivity contribution in [2.45, 2.75) is 59.9 Å². The standard InChI is InChI=1S/C13H27NO3S/c1-10(2)11(3)9-12(4,5)13(6)7-8-17-18(15,16)14-13/h10-11,14H,7-9H2,1-6H3. The van der Waals surface area contributed by atoms with E-state index in [4.69, 9.17) is 4.18 Å². The summed E-state index contributed by atoms with van der Waals surface area (Å²) in [4.78, 5) is 0. The molecule has 5 heteroatoms. The Kier molecular flexibility index (Phi) is 4.51. The van der Waals surface area contributed by atoms with Gasteiger partial charge in [0.1, 0.15) is 0 Å². The molecule has 0 aromatic heterocycles. The summed E-state index contributed by atoms with van der Waals surface area (Å²) in [6, 6.07) is 0. The summed E-state index contributed by atoms with van der Waals surface area (Å²) in [5.74, 6) is 1.16. The van der Waals surface area contributed by atoms with E-state index in [1.165, 1.54) is 0 Å². The van der Waals surface area contributed by atoms with Gasteiger partial charge in [-0.1, -0.05) is 34.6 Å². The third kappa shape index (κ3) is 3.45. The largest absolute Gasteiger partial charge is 0.336 e. The van der Waals surface area contributed by atoms with Crippen molar-refractivity contribution in [2.24, 2.45) is 17.3 Å². The van der Waals surface area contributed by atoms with Gasteiger partial charge < -0.3 is 0 Å². The van der Waals surface area contributed by atoms with Crippen LogP contribution in [-0.4, -0.2) is 20.6 Å². The van der Waals surface area contributed by atoms with E-state index < -0.39 is 15.8 Å². The molecule has 1 fully saturated rings. The molecular formula is C13H27NO3S. The Morgan fingerprint density at radius 3 is 2.33 bits per heavy atom. The van der Waals surface area contributed by atoms with E-state index in [-0.39, 0.29) is 12.0 Å². The van der Waals surface area contributed by atoms with Crippen LogP contribution in [0.15, 0.2) is 0 Å². The van der Waals surface area contributed by atoms with Gasteiger partial charge in [-0.05, 0) is 37.0 Å². The monoisotopic (exact) mass is 277 g/mol. The van der Waals surface area contributed by atoms with Crippen molar-refractivity contribution >= 4 is 10.3 Å². The molecule has 1 heterocycles. The van der Waals surface area contributed by atoms with Gasteiger partial charge in [-0.3, -0.25) is 4.18 Å². The highest BCUT2D eigenvalue weighted by Crippen LogP contribution is 2.42. The number of rotatable bonds is 4. The van der Waals surface area contributed by atoms with Crippen molar-refractivity contribution in [2.75, 3.05) is 6.61 Å². The minimum absolute atomic E-state index is 0.104. The lowest BCUT2D eigenvalue weighted by Crippen LogP contribution is -2.60. The molecule has 0 aromatic carbocycles. The Hall–Kier alpha value is -0.130. The van der Waals surface area contributed by atoms with Crippen LogP contribution < -0.4 is 4.72 Å². The molecule has 1 saturated heterocycles. The number of hydrogen-bond donors (Lipinski definition) is 1. The normalized spacial score (nSPS) is 30.4. The van der Waals surface area contributed by atoms with Gasteiger partial charge in [0, 0.05) is 5.54 Å². The van der Waals surface area contributed by atoms with E-state index in [0.29, 0.717) is 18.3 Å². The van der Waals surface area contributed by atoms with Crippen LogP contribution in [0, 0.1) is 17.3 Å². The molecule has 1 N–H and O–H groups in total. The predicted octanol–water partition coefficient (Wildman–Crippen LogP) is 2.71. The quantitative estimate of drug-likeness (QED) is 0.859. The van der Waals surface area contributed by atoms with Gasteiger partial charge in [0.25, 0.3) is 0 Å². The van der Waals surface area contributed by atoms with E-state index in [2.05, 4.69) is 39.3 Å². The highest BCUT2D eigenvalue weighted by atomic mass is 32.2. The first-order valence-electron chi connectivity index (χ1n) is 6.67. The van der Waals surface area contributed by atoms with Crippen LogP contribution in [0.2, 0.25) is 0 Å². The molecule has 0 aliphatic carbocycles. The van der Waals surface area contributed by atoms with Crippen molar-refractivity contribution in [3.63, 3.8) is 0 Å². The minimum Gasteiger partial charge on any atom is -0.258 e. The lowest BCUT2D eigenvalue weighted by atomic mass is 9.66. The smallest absolute Gasteiger partial charge is 0.258 e. The van der Waals surface area contributed by atoms with Crippen molar-refractivity contribution in [1.29, 1.82) is 0 Å². The van der Waals surface area contributed by atoms with Crippen molar-refractivity contribution < 1.29 is 12.6 Å². The maximum Gasteiger partial charge on any atom is 0.336 e. The Labute approximate surface area is 112 Å². The number of hydrogen-bond acceptors (Lipinski definition) is 3. The van der Waals surface area contributed by atoms with E-state index in [0.717, 1.165) is 6.42 Å². The lowest BCUT2D eigenvalue weighted by molar-refractivity contribution is 0.0712. The maximum atomic E-state index is 11.6. The second kappa shape index (κ2) is 5.10. The topological polar surface area (TPSA) is 55.4 Å². The fourth-order valence-corrected chi connectivity index (χ4v) is 3.75. The predicted molar refractivity (Wildman–Crippen MR) is 73.4 cm³/mol. The SMILES string of the molecule is CC(C)C(C)CC(C)(C)C1(C)CCOS(=O)(=O)N1. The average Bonchev–Trinajstić information content (AvgIpc) is 2.14. The van der Waals surface area contributed by atoms with Crippen LogP contribution in [0.25, 0.3) is 0 Å². The Bertz CT molecular complexity index is 389. The molecule has 0 amide bonds. The van der Waals surface area contributed by atoms with Crippen LogP contribution in [-0.2, 0) is 14.5 Å². The van der Waals surface area contributed by atoms with Crippen molar-refractivity contribution in [1.82, 2.24) is 4.72 Å². The summed E-state index contributed by atoms with van der Waals surface area (Å²) in [6.45, 7) is 13.2. The summed E-state index contributed by atoms with van der Waals surface area (Å²) < 4.78 is 30.7. The van der Waals surface area contributed by atoms with Gasteiger partial charge >= 0.3 is 10.3 Å². The third-order valence-electron chi connectivity index (χ3n) is 4.65. The Balaban J connectivity index is 2.88. The molecule has 0 aromatic rings. The van der Waals surface area contributed by atoms with Crippen LogP contribution >= 0.6 is 0 Å². The highest BCUT2D eigenvalue weighted by molar-refractivity contribution is 7.84. The van der Waals surface area contributed by atoms with Crippen LogP contribution in [0.5, 0.6) is 0 Å². The zero-order valence-electron chi connectivity index (χ0n) is 12.4. The second-order valence-electron chi connectivity index (χ2n) is 6.77. The first kappa shape index (κ1) is 15.9. The fourth-order valence-electron chi connectivity index (χ4n) is 2.45. The van der Waals surface area contributed by atoms with E-state index in [1.54, 1.807) is 0 Å². The van der Waals surface area contributed by atoms with Crippen LogP contribution in [0.4, 0.5) is 0 Å². The summed E-state index contributed by atoms with van der Waals surface area (Å²) in [5, 5.41) is 0. The van der Waals surface area contributed by atoms with E-state index in [1.807, 2.05) is 6.92 Å². The van der Waals surface area contributed by atoms with Gasteiger partial charge in [-0.25, -0.2) is 0 Å². The van der Waals surface area contributed by atoms with Gasteiger partial charge in [0.2, 0.25) is 0 Å². The molecule has 1 aliphatic rings. The van der Waals surface area contributed by atoms with Gasteiger partial charge in [-0.15, -0.1) is 0 Å². The first-order valence-corrected chi connectivity index (χ1v) is 8.08. The lowest BCUT2D eigenvalue weighted by Gasteiger charge is -2.48. The van der Waals surface area contributed by atoms with Crippen molar-refractivity contribution in [3.05, 3.63) is 0 Å². The molecule has 108 valence electrons.